The normalized spacial score (nSPS) is 12.5. The van der Waals surface area contributed by atoms with Gasteiger partial charge in [0.25, 0.3) is 0 Å². The summed E-state index contributed by atoms with van der Waals surface area (Å²) in [4.78, 5) is 25.7. The monoisotopic (exact) mass is 568 g/mol. The fraction of sp³-hybridized carbons (Fsp3) is 0.214. The van der Waals surface area contributed by atoms with Crippen molar-refractivity contribution in [3.8, 4) is 34.2 Å². The van der Waals surface area contributed by atoms with E-state index in [2.05, 4.69) is 25.1 Å². The molecule has 0 bridgehead atoms. The third-order valence-corrected chi connectivity index (χ3v) is 6.14. The molecule has 5 rings (SSSR count). The number of rotatable bonds is 7. The van der Waals surface area contributed by atoms with E-state index in [4.69, 9.17) is 4.74 Å². The number of fused-ring (bicyclic) bond motifs is 1. The molecule has 3 heterocycles. The van der Waals surface area contributed by atoms with Crippen LogP contribution in [-0.2, 0) is 15.7 Å². The molecular formula is C28H21F5N6O2. The number of halogens is 5. The first-order chi connectivity index (χ1) is 19.6. The van der Waals surface area contributed by atoms with E-state index in [1.165, 1.54) is 53.5 Å². The lowest BCUT2D eigenvalue weighted by Crippen LogP contribution is -2.25. The van der Waals surface area contributed by atoms with Gasteiger partial charge in [0.2, 0.25) is 0 Å². The number of benzene rings is 2. The van der Waals surface area contributed by atoms with Crippen LogP contribution in [0.3, 0.4) is 0 Å². The first kappa shape index (κ1) is 27.7. The molecule has 1 unspecified atom stereocenters. The Bertz CT molecular complexity index is 1690. The highest BCUT2D eigenvalue weighted by atomic mass is 19.4. The van der Waals surface area contributed by atoms with E-state index in [1.54, 1.807) is 6.92 Å². The van der Waals surface area contributed by atoms with Crippen molar-refractivity contribution in [3.05, 3.63) is 89.5 Å². The largest absolute Gasteiger partial charge is 0.464 e. The Morgan fingerprint density at radius 1 is 0.976 bits per heavy atom. The minimum atomic E-state index is -4.61. The van der Waals surface area contributed by atoms with Crippen LogP contribution in [0.5, 0.6) is 0 Å². The Balaban J connectivity index is 1.54. The zero-order valence-corrected chi connectivity index (χ0v) is 21.7. The third kappa shape index (κ3) is 5.60. The lowest BCUT2D eigenvalue weighted by molar-refractivity contribution is -0.146. The smallest absolute Gasteiger partial charge is 0.417 e. The second-order valence-corrected chi connectivity index (χ2v) is 9.14. The molecule has 8 nitrogen and oxygen atoms in total. The Labute approximate surface area is 230 Å². The predicted octanol–water partition coefficient (Wildman–Crippen LogP) is 6.05. The molecule has 0 radical (unpaired) electrons. The van der Waals surface area contributed by atoms with Gasteiger partial charge in [0, 0.05) is 11.8 Å². The van der Waals surface area contributed by atoms with Crippen LogP contribution in [0.4, 0.5) is 22.0 Å². The van der Waals surface area contributed by atoms with Gasteiger partial charge in [-0.2, -0.15) is 23.4 Å². The van der Waals surface area contributed by atoms with Gasteiger partial charge in [0.15, 0.2) is 29.3 Å². The summed E-state index contributed by atoms with van der Waals surface area (Å²) in [7, 11) is 0. The summed E-state index contributed by atoms with van der Waals surface area (Å²) in [5.41, 5.74) is -0.554. The fourth-order valence-electron chi connectivity index (χ4n) is 4.19. The summed E-state index contributed by atoms with van der Waals surface area (Å²) in [6.45, 7) is 3.47. The molecule has 0 saturated heterocycles. The fourth-order valence-corrected chi connectivity index (χ4v) is 4.19. The second kappa shape index (κ2) is 11.0. The average Bonchev–Trinajstić information content (AvgIpc) is 3.37. The van der Waals surface area contributed by atoms with E-state index in [0.29, 0.717) is 12.0 Å². The van der Waals surface area contributed by atoms with Gasteiger partial charge in [0.05, 0.1) is 35.4 Å². The SMILES string of the molecule is CCCOC(=O)C(c1ccc(-c2ccc(C)cc2C(F)(F)F)nn1)n1cnc2nc(-c3cccc(F)c3F)nc-2c1. The number of carbonyl (C=O) groups excluding carboxylic acids is 1. The van der Waals surface area contributed by atoms with E-state index in [9.17, 15) is 26.7 Å². The predicted molar refractivity (Wildman–Crippen MR) is 136 cm³/mol. The summed E-state index contributed by atoms with van der Waals surface area (Å²) in [6, 6.07) is 8.96. The van der Waals surface area contributed by atoms with Gasteiger partial charge in [-0.05, 0) is 43.7 Å². The van der Waals surface area contributed by atoms with Crippen LogP contribution in [-0.4, -0.2) is 42.3 Å². The lowest BCUT2D eigenvalue weighted by atomic mass is 10.0. The quantitative estimate of drug-likeness (QED) is 0.174. The highest BCUT2D eigenvalue weighted by molar-refractivity contribution is 5.78. The molecule has 1 aromatic heterocycles. The maximum absolute atomic E-state index is 14.3. The third-order valence-electron chi connectivity index (χ3n) is 6.14. The molecule has 2 aromatic carbocycles. The van der Waals surface area contributed by atoms with Gasteiger partial charge in [0.1, 0.15) is 5.69 Å². The molecule has 0 fully saturated rings. The van der Waals surface area contributed by atoms with E-state index < -0.39 is 35.4 Å². The van der Waals surface area contributed by atoms with Crippen molar-refractivity contribution >= 4 is 5.97 Å². The molecule has 1 atom stereocenters. The van der Waals surface area contributed by atoms with Crippen molar-refractivity contribution in [1.29, 1.82) is 0 Å². The van der Waals surface area contributed by atoms with E-state index >= 15 is 0 Å². The molecule has 2 aliphatic rings. The van der Waals surface area contributed by atoms with Gasteiger partial charge < -0.3 is 9.30 Å². The Hall–Kier alpha value is -4.81. The number of nitrogens with zero attached hydrogens (tertiary/aromatic N) is 6. The van der Waals surface area contributed by atoms with Crippen molar-refractivity contribution in [2.75, 3.05) is 6.61 Å². The average molecular weight is 569 g/mol. The Kier molecular flexibility index (Phi) is 7.43. The summed E-state index contributed by atoms with van der Waals surface area (Å²) in [5, 5.41) is 8.06. The molecule has 0 N–H and O–H groups in total. The molecule has 0 saturated carbocycles. The highest BCUT2D eigenvalue weighted by Crippen LogP contribution is 2.37. The standard InChI is InChI=1S/C28H21F5N6O2/c1-3-11-41-27(40)24(21-10-9-20(37-38-21)16-8-7-15(2)12-18(16)28(31,32)33)39-13-22-26(34-14-39)36-25(35-22)17-5-4-6-19(29)23(17)30/h4-10,12-14,24H,3,11H2,1-2H3. The highest BCUT2D eigenvalue weighted by Gasteiger charge is 2.34. The number of aryl methyl sites for hydroxylation is 1. The van der Waals surface area contributed by atoms with Gasteiger partial charge >= 0.3 is 12.1 Å². The second-order valence-electron chi connectivity index (χ2n) is 9.14. The molecule has 0 aliphatic carbocycles. The van der Waals surface area contributed by atoms with Gasteiger partial charge in [-0.15, -0.1) is 0 Å². The van der Waals surface area contributed by atoms with Crippen LogP contribution in [0, 0.1) is 18.6 Å². The minimum Gasteiger partial charge on any atom is -0.464 e. The van der Waals surface area contributed by atoms with Crippen molar-refractivity contribution in [2.45, 2.75) is 32.5 Å². The maximum Gasteiger partial charge on any atom is 0.417 e. The van der Waals surface area contributed by atoms with E-state index in [-0.39, 0.29) is 46.5 Å². The number of carbonyl (C=O) groups is 1. The molecule has 2 aliphatic heterocycles. The number of esters is 1. The topological polar surface area (TPSA) is 95.7 Å². The molecule has 3 aromatic rings. The minimum absolute atomic E-state index is 0.0380. The van der Waals surface area contributed by atoms with Crippen LogP contribution in [0.15, 0.2) is 61.1 Å². The van der Waals surface area contributed by atoms with Crippen LogP contribution < -0.4 is 0 Å². The van der Waals surface area contributed by atoms with Crippen LogP contribution in [0.2, 0.25) is 0 Å². The van der Waals surface area contributed by atoms with Crippen molar-refractivity contribution in [2.24, 2.45) is 0 Å². The Morgan fingerprint density at radius 3 is 2.49 bits per heavy atom. The number of imidazole rings is 1. The first-order valence-corrected chi connectivity index (χ1v) is 12.4. The summed E-state index contributed by atoms with van der Waals surface area (Å²) in [5.74, 6) is -2.89. The Morgan fingerprint density at radius 2 is 1.78 bits per heavy atom. The maximum atomic E-state index is 14.3. The van der Waals surface area contributed by atoms with Crippen LogP contribution >= 0.6 is 0 Å². The van der Waals surface area contributed by atoms with Crippen molar-refractivity contribution in [3.63, 3.8) is 0 Å². The van der Waals surface area contributed by atoms with Gasteiger partial charge in [-0.3, -0.25) is 0 Å². The molecule has 0 spiro atoms. The molecule has 210 valence electrons. The molecular weight excluding hydrogens is 547 g/mol. The first-order valence-electron chi connectivity index (χ1n) is 12.4. The number of aromatic nitrogens is 6. The number of alkyl halides is 3. The number of hydrogen-bond donors (Lipinski definition) is 0. The van der Waals surface area contributed by atoms with Gasteiger partial charge in [-0.1, -0.05) is 30.7 Å². The zero-order valence-electron chi connectivity index (χ0n) is 21.7. The summed E-state index contributed by atoms with van der Waals surface area (Å²) in [6.07, 6.45) is -1.41. The number of ether oxygens (including phenoxy) is 1. The molecule has 13 heteroatoms. The molecule has 41 heavy (non-hydrogen) atoms. The van der Waals surface area contributed by atoms with Gasteiger partial charge in [-0.25, -0.2) is 28.5 Å². The van der Waals surface area contributed by atoms with Crippen LogP contribution in [0.1, 0.15) is 36.2 Å². The van der Waals surface area contributed by atoms with Crippen LogP contribution in [0.25, 0.3) is 34.2 Å². The zero-order chi connectivity index (χ0) is 29.3. The molecule has 0 amide bonds. The van der Waals surface area contributed by atoms with Crippen molar-refractivity contribution < 1.29 is 31.5 Å². The van der Waals surface area contributed by atoms with E-state index in [1.807, 2.05) is 6.92 Å². The van der Waals surface area contributed by atoms with Crippen molar-refractivity contribution in [1.82, 2.24) is 29.7 Å². The number of hydrogen-bond acceptors (Lipinski definition) is 7. The summed E-state index contributed by atoms with van der Waals surface area (Å²) >= 11 is 0. The summed E-state index contributed by atoms with van der Waals surface area (Å²) < 4.78 is 75.7. The lowest BCUT2D eigenvalue weighted by Gasteiger charge is -2.19. The van der Waals surface area contributed by atoms with E-state index in [0.717, 1.165) is 12.1 Å².